The average molecular weight is 468 g/mol. The molecular weight excluding hydrogens is 448 g/mol. The molecule has 2 amide bonds. The number of thiophene rings is 1. The Bertz CT molecular complexity index is 1220. The van der Waals surface area contributed by atoms with Crippen LogP contribution in [0.3, 0.4) is 0 Å². The Morgan fingerprint density at radius 1 is 0.818 bits per heavy atom. The van der Waals surface area contributed by atoms with Crippen LogP contribution in [-0.2, 0) is 13.1 Å². The molecule has 2 aliphatic heterocycles. The number of nitrogens with one attached hydrogen (secondary N) is 2. The normalized spacial score (nSPS) is 13.0. The number of carbonyl (C=O) groups is 2. The molecule has 0 saturated carbocycles. The largest absolute Gasteiger partial charge is 0.495 e. The van der Waals surface area contributed by atoms with Gasteiger partial charge in [0.2, 0.25) is 13.6 Å². The number of carbonyl (C=O) groups excluding carboxylic acids is 2. The summed E-state index contributed by atoms with van der Waals surface area (Å²) < 4.78 is 26.6. The molecule has 0 bridgehead atoms. The summed E-state index contributed by atoms with van der Waals surface area (Å²) in [6.07, 6.45) is 0. The molecule has 170 valence electrons. The summed E-state index contributed by atoms with van der Waals surface area (Å²) in [6, 6.07) is 12.5. The van der Waals surface area contributed by atoms with Gasteiger partial charge in [-0.1, -0.05) is 12.1 Å². The van der Waals surface area contributed by atoms with E-state index in [1.807, 2.05) is 24.3 Å². The van der Waals surface area contributed by atoms with Gasteiger partial charge in [-0.05, 0) is 35.4 Å². The molecule has 2 aromatic carbocycles. The zero-order valence-electron chi connectivity index (χ0n) is 17.6. The van der Waals surface area contributed by atoms with Gasteiger partial charge in [0.25, 0.3) is 11.8 Å². The van der Waals surface area contributed by atoms with E-state index in [9.17, 15) is 9.59 Å². The minimum Gasteiger partial charge on any atom is -0.495 e. The average Bonchev–Trinajstić information content (AvgIpc) is 3.59. The summed E-state index contributed by atoms with van der Waals surface area (Å²) in [6.45, 7) is 0.986. The second-order valence-corrected chi connectivity index (χ2v) is 8.30. The molecule has 3 heterocycles. The first-order chi connectivity index (χ1) is 16.1. The summed E-state index contributed by atoms with van der Waals surface area (Å²) in [5.74, 6) is 2.38. The van der Waals surface area contributed by atoms with E-state index in [0.717, 1.165) is 22.5 Å². The Balaban J connectivity index is 1.22. The summed E-state index contributed by atoms with van der Waals surface area (Å²) >= 11 is 1.07. The first-order valence-corrected chi connectivity index (χ1v) is 10.9. The number of hydrogen-bond donors (Lipinski definition) is 2. The van der Waals surface area contributed by atoms with Crippen LogP contribution >= 0.6 is 11.3 Å². The van der Waals surface area contributed by atoms with Crippen LogP contribution in [0.2, 0.25) is 0 Å². The van der Waals surface area contributed by atoms with Crippen LogP contribution < -0.4 is 34.3 Å². The van der Waals surface area contributed by atoms with Crippen molar-refractivity contribution in [1.82, 2.24) is 10.6 Å². The maximum atomic E-state index is 12.8. The summed E-state index contributed by atoms with van der Waals surface area (Å²) in [5, 5.41) is 5.71. The maximum Gasteiger partial charge on any atom is 0.265 e. The first kappa shape index (κ1) is 21.0. The van der Waals surface area contributed by atoms with Crippen LogP contribution in [0.1, 0.15) is 30.5 Å². The third kappa shape index (κ3) is 4.37. The number of methoxy groups -OCH3 is 1. The summed E-state index contributed by atoms with van der Waals surface area (Å²) in [7, 11) is 1.46. The zero-order chi connectivity index (χ0) is 22.8. The molecule has 2 N–H and O–H groups in total. The summed E-state index contributed by atoms with van der Waals surface area (Å²) in [5.41, 5.74) is 1.74. The molecule has 9 nitrogen and oxygen atoms in total. The van der Waals surface area contributed by atoms with E-state index in [1.165, 1.54) is 7.11 Å². The highest BCUT2D eigenvalue weighted by atomic mass is 32.1. The van der Waals surface area contributed by atoms with Crippen LogP contribution in [0.4, 0.5) is 0 Å². The van der Waals surface area contributed by atoms with E-state index in [1.54, 1.807) is 18.2 Å². The zero-order valence-corrected chi connectivity index (χ0v) is 18.5. The molecule has 3 aromatic rings. The van der Waals surface area contributed by atoms with Crippen molar-refractivity contribution in [2.75, 3.05) is 20.7 Å². The molecule has 0 radical (unpaired) electrons. The van der Waals surface area contributed by atoms with Crippen molar-refractivity contribution in [2.45, 2.75) is 13.1 Å². The van der Waals surface area contributed by atoms with Crippen molar-refractivity contribution in [3.63, 3.8) is 0 Å². The van der Waals surface area contributed by atoms with Gasteiger partial charge in [0.15, 0.2) is 23.0 Å². The van der Waals surface area contributed by atoms with E-state index in [-0.39, 0.29) is 25.4 Å². The Hall–Kier alpha value is -3.92. The maximum absolute atomic E-state index is 12.8. The second-order valence-electron chi connectivity index (χ2n) is 7.25. The molecular formula is C23H20N2O7S. The molecule has 0 aliphatic carbocycles. The fourth-order valence-corrected chi connectivity index (χ4v) is 4.39. The number of ether oxygens (including phenoxy) is 5. The van der Waals surface area contributed by atoms with Gasteiger partial charge in [-0.2, -0.15) is 0 Å². The topological polar surface area (TPSA) is 104 Å². The van der Waals surface area contributed by atoms with E-state index in [2.05, 4.69) is 10.6 Å². The molecule has 0 unspecified atom stereocenters. The fourth-order valence-electron chi connectivity index (χ4n) is 3.43. The van der Waals surface area contributed by atoms with Gasteiger partial charge in [0, 0.05) is 19.2 Å². The van der Waals surface area contributed by atoms with Crippen molar-refractivity contribution in [3.05, 3.63) is 63.3 Å². The molecule has 0 saturated heterocycles. The summed E-state index contributed by atoms with van der Waals surface area (Å²) in [4.78, 5) is 26.1. The predicted molar refractivity (Wildman–Crippen MR) is 118 cm³/mol. The van der Waals surface area contributed by atoms with E-state index >= 15 is 0 Å². The lowest BCUT2D eigenvalue weighted by molar-refractivity contribution is 0.0946. The lowest BCUT2D eigenvalue weighted by Crippen LogP contribution is -2.22. The van der Waals surface area contributed by atoms with Gasteiger partial charge in [0.1, 0.15) is 10.6 Å². The monoisotopic (exact) mass is 468 g/mol. The number of hydrogen-bond acceptors (Lipinski definition) is 8. The van der Waals surface area contributed by atoms with Gasteiger partial charge in [-0.25, -0.2) is 0 Å². The number of amides is 2. The highest BCUT2D eigenvalue weighted by Crippen LogP contribution is 2.34. The van der Waals surface area contributed by atoms with Crippen molar-refractivity contribution in [1.29, 1.82) is 0 Å². The minimum absolute atomic E-state index is 0.192. The Morgan fingerprint density at radius 3 is 1.94 bits per heavy atom. The van der Waals surface area contributed by atoms with E-state index in [0.29, 0.717) is 51.6 Å². The van der Waals surface area contributed by atoms with Gasteiger partial charge < -0.3 is 34.3 Å². The van der Waals surface area contributed by atoms with Crippen LogP contribution in [0.25, 0.3) is 0 Å². The molecule has 10 heteroatoms. The predicted octanol–water partition coefficient (Wildman–Crippen LogP) is 3.07. The Labute approximate surface area is 193 Å². The first-order valence-electron chi connectivity index (χ1n) is 10.1. The van der Waals surface area contributed by atoms with Gasteiger partial charge in [-0.15, -0.1) is 11.3 Å². The van der Waals surface area contributed by atoms with E-state index in [4.69, 9.17) is 23.7 Å². The third-order valence-electron chi connectivity index (χ3n) is 5.13. The lowest BCUT2D eigenvalue weighted by Gasteiger charge is -2.06. The highest BCUT2D eigenvalue weighted by Gasteiger charge is 2.21. The van der Waals surface area contributed by atoms with Crippen molar-refractivity contribution < 1.29 is 33.3 Å². The smallest absolute Gasteiger partial charge is 0.265 e. The van der Waals surface area contributed by atoms with Crippen LogP contribution in [0, 0.1) is 0 Å². The number of rotatable bonds is 7. The van der Waals surface area contributed by atoms with Crippen LogP contribution in [-0.4, -0.2) is 32.5 Å². The van der Waals surface area contributed by atoms with Crippen LogP contribution in [0.5, 0.6) is 28.7 Å². The Morgan fingerprint density at radius 2 is 1.36 bits per heavy atom. The minimum atomic E-state index is -0.329. The third-order valence-corrected chi connectivity index (χ3v) is 6.24. The van der Waals surface area contributed by atoms with E-state index < -0.39 is 0 Å². The molecule has 5 rings (SSSR count). The molecule has 2 aliphatic rings. The van der Waals surface area contributed by atoms with Crippen molar-refractivity contribution in [3.8, 4) is 28.7 Å². The quantitative estimate of drug-likeness (QED) is 0.549. The van der Waals surface area contributed by atoms with Gasteiger partial charge >= 0.3 is 0 Å². The molecule has 33 heavy (non-hydrogen) atoms. The van der Waals surface area contributed by atoms with Gasteiger partial charge in [-0.3, -0.25) is 9.59 Å². The second kappa shape index (κ2) is 8.91. The van der Waals surface area contributed by atoms with Gasteiger partial charge in [0.05, 0.1) is 12.0 Å². The lowest BCUT2D eigenvalue weighted by atomic mass is 10.2. The molecule has 0 fully saturated rings. The number of fused-ring (bicyclic) bond motifs is 2. The Kier molecular flexibility index (Phi) is 5.66. The SMILES string of the molecule is COc1cc(C(=O)NCc2ccc3c(c2)OCO3)sc1C(=O)NCc1ccc2c(c1)OCO2. The van der Waals surface area contributed by atoms with Crippen molar-refractivity contribution in [2.24, 2.45) is 0 Å². The standard InChI is InChI=1S/C23H20N2O7S/c1-28-19-8-20(22(26)24-9-13-2-4-15-17(6-13)31-11-29-15)33-21(19)23(27)25-10-14-3-5-16-18(7-14)32-12-30-16/h2-8H,9-12H2,1H3,(H,24,26)(H,25,27). The number of benzene rings is 2. The highest BCUT2D eigenvalue weighted by molar-refractivity contribution is 7.16. The molecule has 1 aromatic heterocycles. The molecule has 0 spiro atoms. The molecule has 0 atom stereocenters. The fraction of sp³-hybridized carbons (Fsp3) is 0.217. The van der Waals surface area contributed by atoms with Crippen LogP contribution in [0.15, 0.2) is 42.5 Å². The van der Waals surface area contributed by atoms with Crippen molar-refractivity contribution >= 4 is 23.2 Å².